The average Bonchev–Trinajstić information content (AvgIpc) is 2.72. The summed E-state index contributed by atoms with van der Waals surface area (Å²) < 4.78 is 44.4. The topological polar surface area (TPSA) is 61.8 Å². The van der Waals surface area contributed by atoms with Crippen molar-refractivity contribution < 1.29 is 32.6 Å². The summed E-state index contributed by atoms with van der Waals surface area (Å²) in [6.07, 6.45) is 0.633. The summed E-state index contributed by atoms with van der Waals surface area (Å²) in [5.74, 6) is -3.73. The fourth-order valence-electron chi connectivity index (χ4n) is 2.63. The summed E-state index contributed by atoms with van der Waals surface area (Å²) in [7, 11) is 0. The molecule has 0 unspecified atom stereocenters. The lowest BCUT2D eigenvalue weighted by Crippen LogP contribution is -2.16. The van der Waals surface area contributed by atoms with Crippen LogP contribution in [0.2, 0.25) is 0 Å². The van der Waals surface area contributed by atoms with Gasteiger partial charge in [-0.2, -0.15) is 8.78 Å². The summed E-state index contributed by atoms with van der Waals surface area (Å²) in [5, 5.41) is 0. The van der Waals surface area contributed by atoms with Crippen LogP contribution in [-0.2, 0) is 31.4 Å². The molecule has 5 nitrogen and oxygen atoms in total. The van der Waals surface area contributed by atoms with E-state index in [1.165, 1.54) is 36.4 Å². The number of carbonyl (C=O) groups is 2. The van der Waals surface area contributed by atoms with Crippen molar-refractivity contribution in [2.24, 2.45) is 0 Å². The molecule has 0 amide bonds. The third-order valence-electron chi connectivity index (χ3n) is 4.12. The molecule has 29 heavy (non-hydrogen) atoms. The van der Waals surface area contributed by atoms with Gasteiger partial charge < -0.3 is 14.2 Å². The Morgan fingerprint density at radius 2 is 1.34 bits per heavy atom. The Morgan fingerprint density at radius 3 is 1.90 bits per heavy atom. The molecule has 0 saturated carbocycles. The van der Waals surface area contributed by atoms with E-state index in [1.54, 1.807) is 26.0 Å². The number of rotatable bonds is 10. The molecule has 156 valence electrons. The predicted molar refractivity (Wildman–Crippen MR) is 103 cm³/mol. The van der Waals surface area contributed by atoms with Crippen LogP contribution in [0.1, 0.15) is 37.0 Å². The Labute approximate surface area is 168 Å². The highest BCUT2D eigenvalue weighted by Gasteiger charge is 2.33. The summed E-state index contributed by atoms with van der Waals surface area (Å²) in [6, 6.07) is 11.2. The summed E-state index contributed by atoms with van der Waals surface area (Å²) in [6.45, 7) is 3.69. The first kappa shape index (κ1) is 22.3. The van der Waals surface area contributed by atoms with Crippen LogP contribution in [0.25, 0.3) is 0 Å². The number of alkyl halides is 2. The number of ether oxygens (including phenoxy) is 3. The number of halogens is 2. The second-order valence-electron chi connectivity index (χ2n) is 6.19. The minimum absolute atomic E-state index is 0.155. The maximum absolute atomic E-state index is 14.8. The zero-order chi connectivity index (χ0) is 21.3. The molecular weight excluding hydrogens is 382 g/mol. The van der Waals surface area contributed by atoms with Gasteiger partial charge in [-0.05, 0) is 50.1 Å². The van der Waals surface area contributed by atoms with Gasteiger partial charge in [0, 0.05) is 17.5 Å². The van der Waals surface area contributed by atoms with Gasteiger partial charge in [-0.3, -0.25) is 4.79 Å². The van der Waals surface area contributed by atoms with Crippen LogP contribution in [0.3, 0.4) is 0 Å². The molecule has 0 radical (unpaired) electrons. The van der Waals surface area contributed by atoms with Gasteiger partial charge in [-0.25, -0.2) is 4.79 Å². The monoisotopic (exact) mass is 406 g/mol. The van der Waals surface area contributed by atoms with Crippen LogP contribution in [-0.4, -0.2) is 31.8 Å². The molecule has 0 bridgehead atoms. The smallest absolute Gasteiger partial charge is 0.344 e. The molecule has 0 saturated heterocycles. The van der Waals surface area contributed by atoms with E-state index < -0.39 is 11.9 Å². The van der Waals surface area contributed by atoms with Gasteiger partial charge in [0.15, 0.2) is 6.61 Å². The van der Waals surface area contributed by atoms with Gasteiger partial charge in [-0.1, -0.05) is 24.3 Å². The Bertz CT molecular complexity index is 733. The number of hydrogen-bond acceptors (Lipinski definition) is 5. The second-order valence-corrected chi connectivity index (χ2v) is 6.19. The van der Waals surface area contributed by atoms with E-state index >= 15 is 0 Å². The van der Waals surface area contributed by atoms with Crippen molar-refractivity contribution in [1.29, 1.82) is 0 Å². The maximum atomic E-state index is 14.8. The molecular formula is C22H24F2O5. The number of aryl methyl sites for hydroxylation is 1. The molecule has 7 heteroatoms. The van der Waals surface area contributed by atoms with Crippen LogP contribution in [0.4, 0.5) is 8.78 Å². The van der Waals surface area contributed by atoms with E-state index in [2.05, 4.69) is 0 Å². The standard InChI is InChI=1S/C22H24F2O5/c1-3-27-20(25)14-7-16-5-8-17(9-6-16)22(23,24)18-10-12-19(13-11-18)29-15-21(26)28-4-2/h5-6,8-13H,3-4,7,14-15H2,1-2H3. The number of carbonyl (C=O) groups excluding carboxylic acids is 2. The molecule has 0 aliphatic heterocycles. The van der Waals surface area contributed by atoms with E-state index in [0.717, 1.165) is 5.56 Å². The third kappa shape index (κ3) is 6.55. The van der Waals surface area contributed by atoms with Crippen LogP contribution in [0, 0.1) is 0 Å². The van der Waals surface area contributed by atoms with Crippen molar-refractivity contribution in [2.75, 3.05) is 19.8 Å². The first-order valence-corrected chi connectivity index (χ1v) is 9.38. The fraction of sp³-hybridized carbons (Fsp3) is 0.364. The normalized spacial score (nSPS) is 11.0. The lowest BCUT2D eigenvalue weighted by Gasteiger charge is -2.18. The highest BCUT2D eigenvalue weighted by molar-refractivity contribution is 5.71. The number of hydrogen-bond donors (Lipinski definition) is 0. The van der Waals surface area contributed by atoms with Gasteiger partial charge >= 0.3 is 11.9 Å². The lowest BCUT2D eigenvalue weighted by molar-refractivity contribution is -0.145. The van der Waals surface area contributed by atoms with Crippen molar-refractivity contribution in [2.45, 2.75) is 32.6 Å². The molecule has 0 aromatic heterocycles. The third-order valence-corrected chi connectivity index (χ3v) is 4.12. The molecule has 0 fully saturated rings. The van der Waals surface area contributed by atoms with Crippen LogP contribution in [0.5, 0.6) is 5.75 Å². The van der Waals surface area contributed by atoms with Crippen molar-refractivity contribution in [3.8, 4) is 5.75 Å². The number of esters is 2. The lowest BCUT2D eigenvalue weighted by atomic mass is 9.98. The highest BCUT2D eigenvalue weighted by Crippen LogP contribution is 2.36. The molecule has 2 rings (SSSR count). The van der Waals surface area contributed by atoms with Gasteiger partial charge in [0.2, 0.25) is 0 Å². The Kier molecular flexibility index (Phi) is 8.12. The van der Waals surface area contributed by atoms with E-state index in [1.807, 2.05) is 0 Å². The quantitative estimate of drug-likeness (QED) is 0.552. The van der Waals surface area contributed by atoms with Crippen molar-refractivity contribution in [1.82, 2.24) is 0 Å². The van der Waals surface area contributed by atoms with Gasteiger partial charge in [0.25, 0.3) is 5.92 Å². The molecule has 0 atom stereocenters. The molecule has 0 aliphatic rings. The average molecular weight is 406 g/mol. The van der Waals surface area contributed by atoms with Gasteiger partial charge in [0.1, 0.15) is 5.75 Å². The molecule has 2 aromatic rings. The van der Waals surface area contributed by atoms with Crippen molar-refractivity contribution in [3.05, 3.63) is 65.2 Å². The fourth-order valence-corrected chi connectivity index (χ4v) is 2.63. The van der Waals surface area contributed by atoms with Crippen LogP contribution >= 0.6 is 0 Å². The van der Waals surface area contributed by atoms with E-state index in [9.17, 15) is 18.4 Å². The molecule has 0 heterocycles. The summed E-state index contributed by atoms with van der Waals surface area (Å²) in [5.41, 5.74) is 0.429. The maximum Gasteiger partial charge on any atom is 0.344 e. The Balaban J connectivity index is 2.00. The Morgan fingerprint density at radius 1 is 0.828 bits per heavy atom. The van der Waals surface area contributed by atoms with E-state index in [-0.39, 0.29) is 36.7 Å². The Hall–Kier alpha value is -2.96. The zero-order valence-corrected chi connectivity index (χ0v) is 16.5. The van der Waals surface area contributed by atoms with E-state index in [0.29, 0.717) is 18.8 Å². The highest BCUT2D eigenvalue weighted by atomic mass is 19.3. The second kappa shape index (κ2) is 10.5. The number of benzene rings is 2. The molecule has 0 spiro atoms. The van der Waals surface area contributed by atoms with Gasteiger partial charge in [0.05, 0.1) is 13.2 Å². The van der Waals surface area contributed by atoms with E-state index in [4.69, 9.17) is 14.2 Å². The van der Waals surface area contributed by atoms with Crippen LogP contribution in [0.15, 0.2) is 48.5 Å². The van der Waals surface area contributed by atoms with Crippen molar-refractivity contribution >= 4 is 11.9 Å². The van der Waals surface area contributed by atoms with Gasteiger partial charge in [-0.15, -0.1) is 0 Å². The SMILES string of the molecule is CCOC(=O)CCc1ccc(C(F)(F)c2ccc(OCC(=O)OCC)cc2)cc1. The molecule has 0 aliphatic carbocycles. The minimum Gasteiger partial charge on any atom is -0.482 e. The van der Waals surface area contributed by atoms with Crippen molar-refractivity contribution in [3.63, 3.8) is 0 Å². The molecule has 2 aromatic carbocycles. The first-order chi connectivity index (χ1) is 13.9. The minimum atomic E-state index is -3.20. The largest absolute Gasteiger partial charge is 0.482 e. The summed E-state index contributed by atoms with van der Waals surface area (Å²) >= 11 is 0. The van der Waals surface area contributed by atoms with Crippen LogP contribution < -0.4 is 4.74 Å². The molecule has 0 N–H and O–H groups in total. The summed E-state index contributed by atoms with van der Waals surface area (Å²) in [4.78, 5) is 22.7. The first-order valence-electron chi connectivity index (χ1n) is 9.38. The predicted octanol–water partition coefficient (Wildman–Crippen LogP) is 4.26. The zero-order valence-electron chi connectivity index (χ0n) is 16.5.